The van der Waals surface area contributed by atoms with Crippen LogP contribution in [0.1, 0.15) is 31.2 Å². The second-order valence-electron chi connectivity index (χ2n) is 5.34. The molecular formula is C14H21N5. The number of nitrogens with two attached hydrogens (primary N) is 1. The summed E-state index contributed by atoms with van der Waals surface area (Å²) in [6.45, 7) is 2.85. The Morgan fingerprint density at radius 1 is 1.37 bits per heavy atom. The fourth-order valence-electron chi connectivity index (χ4n) is 2.30. The van der Waals surface area contributed by atoms with Crippen molar-refractivity contribution in [3.05, 3.63) is 23.9 Å². The highest BCUT2D eigenvalue weighted by molar-refractivity contribution is 5.78. The number of rotatable bonds is 4. The molecule has 1 aromatic heterocycles. The molecule has 2 aliphatic rings. The highest BCUT2D eigenvalue weighted by Crippen LogP contribution is 2.19. The van der Waals surface area contributed by atoms with Crippen molar-refractivity contribution in [2.75, 3.05) is 18.0 Å². The van der Waals surface area contributed by atoms with Gasteiger partial charge in [-0.1, -0.05) is 6.07 Å². The Hall–Kier alpha value is -1.78. The maximum absolute atomic E-state index is 5.80. The summed E-state index contributed by atoms with van der Waals surface area (Å²) in [4.78, 5) is 11.2. The average Bonchev–Trinajstić information content (AvgIpc) is 3.07. The van der Waals surface area contributed by atoms with Gasteiger partial charge in [0.15, 0.2) is 5.96 Å². The largest absolute Gasteiger partial charge is 0.370 e. The van der Waals surface area contributed by atoms with E-state index in [9.17, 15) is 0 Å². The van der Waals surface area contributed by atoms with Gasteiger partial charge >= 0.3 is 0 Å². The first kappa shape index (κ1) is 12.3. The smallest absolute Gasteiger partial charge is 0.189 e. The second kappa shape index (κ2) is 5.47. The van der Waals surface area contributed by atoms with Crippen molar-refractivity contribution in [2.24, 2.45) is 10.7 Å². The van der Waals surface area contributed by atoms with Gasteiger partial charge in [-0.25, -0.2) is 9.98 Å². The lowest BCUT2D eigenvalue weighted by Crippen LogP contribution is -2.33. The summed E-state index contributed by atoms with van der Waals surface area (Å²) in [6, 6.07) is 4.73. The standard InChI is InChI=1S/C14H21N5/c15-14(18-12-4-5-12)17-10-11-3-6-13(16-9-11)19-7-1-2-8-19/h3,6,9,12H,1-2,4-5,7-8,10H2,(H3,15,17,18). The molecule has 2 fully saturated rings. The number of nitrogens with one attached hydrogen (secondary N) is 1. The van der Waals surface area contributed by atoms with Crippen molar-refractivity contribution in [3.63, 3.8) is 0 Å². The summed E-state index contributed by atoms with van der Waals surface area (Å²) in [5.74, 6) is 1.63. The normalized spacial score (nSPS) is 19.8. The monoisotopic (exact) mass is 259 g/mol. The van der Waals surface area contributed by atoms with Crippen LogP contribution in [0.5, 0.6) is 0 Å². The fourth-order valence-corrected chi connectivity index (χ4v) is 2.30. The van der Waals surface area contributed by atoms with Gasteiger partial charge in [0.25, 0.3) is 0 Å². The van der Waals surface area contributed by atoms with Crippen LogP contribution in [0.4, 0.5) is 5.82 Å². The Morgan fingerprint density at radius 2 is 2.16 bits per heavy atom. The number of hydrogen-bond acceptors (Lipinski definition) is 3. The van der Waals surface area contributed by atoms with Crippen LogP contribution in [-0.4, -0.2) is 30.1 Å². The molecule has 0 atom stereocenters. The van der Waals surface area contributed by atoms with Crippen LogP contribution in [-0.2, 0) is 6.54 Å². The average molecular weight is 259 g/mol. The van der Waals surface area contributed by atoms with Gasteiger partial charge in [0, 0.05) is 25.3 Å². The van der Waals surface area contributed by atoms with Crippen LogP contribution < -0.4 is 16.0 Å². The van der Waals surface area contributed by atoms with Crippen LogP contribution in [0.25, 0.3) is 0 Å². The van der Waals surface area contributed by atoms with Gasteiger partial charge in [-0.2, -0.15) is 0 Å². The van der Waals surface area contributed by atoms with E-state index in [0.29, 0.717) is 18.5 Å². The molecule has 0 unspecified atom stereocenters. The molecule has 1 aliphatic heterocycles. The number of pyridine rings is 1. The van der Waals surface area contributed by atoms with Gasteiger partial charge in [-0.3, -0.25) is 0 Å². The third-order valence-electron chi connectivity index (χ3n) is 3.60. The van der Waals surface area contributed by atoms with Gasteiger partial charge in [-0.15, -0.1) is 0 Å². The molecule has 0 amide bonds. The first-order valence-electron chi connectivity index (χ1n) is 7.07. The summed E-state index contributed by atoms with van der Waals surface area (Å²) in [7, 11) is 0. The van der Waals surface area contributed by atoms with Crippen LogP contribution in [0.15, 0.2) is 23.3 Å². The topological polar surface area (TPSA) is 66.5 Å². The van der Waals surface area contributed by atoms with Crippen LogP contribution >= 0.6 is 0 Å². The zero-order valence-electron chi connectivity index (χ0n) is 11.2. The molecule has 5 heteroatoms. The van der Waals surface area contributed by atoms with E-state index >= 15 is 0 Å². The SMILES string of the molecule is NC(=NCc1ccc(N2CCCC2)nc1)NC1CC1. The molecule has 2 heterocycles. The number of hydrogen-bond donors (Lipinski definition) is 2. The molecule has 3 N–H and O–H groups in total. The van der Waals surface area contributed by atoms with E-state index in [4.69, 9.17) is 5.73 Å². The predicted molar refractivity (Wildman–Crippen MR) is 77.2 cm³/mol. The summed E-state index contributed by atoms with van der Waals surface area (Å²) in [5.41, 5.74) is 6.90. The van der Waals surface area contributed by atoms with Crippen LogP contribution in [0.2, 0.25) is 0 Å². The lowest BCUT2D eigenvalue weighted by atomic mass is 10.3. The Bertz CT molecular complexity index is 443. The minimum absolute atomic E-state index is 0.547. The van der Waals surface area contributed by atoms with Gasteiger partial charge in [0.05, 0.1) is 6.54 Å². The molecule has 1 saturated heterocycles. The Balaban J connectivity index is 1.55. The van der Waals surface area contributed by atoms with Crippen molar-refractivity contribution in [2.45, 2.75) is 38.3 Å². The van der Waals surface area contributed by atoms with Crippen LogP contribution in [0.3, 0.4) is 0 Å². The summed E-state index contributed by atoms with van der Waals surface area (Å²) in [5, 5.41) is 3.18. The molecule has 1 aromatic rings. The molecule has 0 spiro atoms. The first-order chi connectivity index (χ1) is 9.31. The number of aliphatic imine (C=N–C) groups is 1. The summed E-state index contributed by atoms with van der Waals surface area (Å²) in [6.07, 6.45) is 6.88. The Labute approximate surface area is 113 Å². The maximum atomic E-state index is 5.80. The van der Waals surface area contributed by atoms with Gasteiger partial charge in [-0.05, 0) is 37.3 Å². The van der Waals surface area contributed by atoms with Crippen molar-refractivity contribution in [1.82, 2.24) is 10.3 Å². The van der Waals surface area contributed by atoms with E-state index in [1.807, 2.05) is 6.20 Å². The maximum Gasteiger partial charge on any atom is 0.189 e. The molecule has 1 saturated carbocycles. The highest BCUT2D eigenvalue weighted by Gasteiger charge is 2.21. The minimum Gasteiger partial charge on any atom is -0.370 e. The third kappa shape index (κ3) is 3.36. The zero-order valence-corrected chi connectivity index (χ0v) is 11.2. The molecule has 0 radical (unpaired) electrons. The van der Waals surface area contributed by atoms with Crippen molar-refractivity contribution in [3.8, 4) is 0 Å². The van der Waals surface area contributed by atoms with Gasteiger partial charge in [0.1, 0.15) is 5.82 Å². The number of guanidine groups is 1. The number of anilines is 1. The predicted octanol–water partition coefficient (Wildman–Crippen LogP) is 1.25. The van der Waals surface area contributed by atoms with Crippen molar-refractivity contribution >= 4 is 11.8 Å². The van der Waals surface area contributed by atoms with Crippen molar-refractivity contribution in [1.29, 1.82) is 0 Å². The summed E-state index contributed by atoms with van der Waals surface area (Å²) < 4.78 is 0. The molecule has 0 bridgehead atoms. The second-order valence-corrected chi connectivity index (χ2v) is 5.34. The summed E-state index contributed by atoms with van der Waals surface area (Å²) >= 11 is 0. The van der Waals surface area contributed by atoms with E-state index < -0.39 is 0 Å². The van der Waals surface area contributed by atoms with E-state index in [0.717, 1.165) is 24.5 Å². The molecule has 102 valence electrons. The molecule has 19 heavy (non-hydrogen) atoms. The van der Waals surface area contributed by atoms with Gasteiger partial charge < -0.3 is 16.0 Å². The molecule has 0 aromatic carbocycles. The fraction of sp³-hybridized carbons (Fsp3) is 0.571. The molecule has 1 aliphatic carbocycles. The molecule has 3 rings (SSSR count). The number of aromatic nitrogens is 1. The van der Waals surface area contributed by atoms with E-state index in [1.165, 1.54) is 25.7 Å². The minimum atomic E-state index is 0.547. The van der Waals surface area contributed by atoms with E-state index in [-0.39, 0.29) is 0 Å². The Morgan fingerprint density at radius 3 is 2.79 bits per heavy atom. The van der Waals surface area contributed by atoms with Crippen LogP contribution in [0, 0.1) is 0 Å². The third-order valence-corrected chi connectivity index (χ3v) is 3.60. The highest BCUT2D eigenvalue weighted by atomic mass is 15.2. The molecule has 5 nitrogen and oxygen atoms in total. The molecular weight excluding hydrogens is 238 g/mol. The Kier molecular flexibility index (Phi) is 3.53. The van der Waals surface area contributed by atoms with E-state index in [2.05, 4.69) is 32.3 Å². The van der Waals surface area contributed by atoms with E-state index in [1.54, 1.807) is 0 Å². The zero-order chi connectivity index (χ0) is 13.1. The lowest BCUT2D eigenvalue weighted by Gasteiger charge is -2.15. The lowest BCUT2D eigenvalue weighted by molar-refractivity contribution is 0.876. The quantitative estimate of drug-likeness (QED) is 0.631. The number of nitrogens with zero attached hydrogens (tertiary/aromatic N) is 3. The van der Waals surface area contributed by atoms with Gasteiger partial charge in [0.2, 0.25) is 0 Å². The van der Waals surface area contributed by atoms with Crippen molar-refractivity contribution < 1.29 is 0 Å². The first-order valence-corrected chi connectivity index (χ1v) is 7.07.